The number of carbonyl (C=O) groups excluding carboxylic acids is 4. The topological polar surface area (TPSA) is 185 Å². The number of allylic oxidation sites excluding steroid dienone is 2. The molecule has 6 N–H and O–H groups in total. The highest BCUT2D eigenvalue weighted by molar-refractivity contribution is 6.03. The lowest BCUT2D eigenvalue weighted by atomic mass is 9.54. The second-order valence-electron chi connectivity index (χ2n) is 14.4. The maximum Gasteiger partial charge on any atom is 0.331 e. The number of primary amides is 1. The summed E-state index contributed by atoms with van der Waals surface area (Å²) in [4.78, 5) is 55.2. The van der Waals surface area contributed by atoms with Gasteiger partial charge in [-0.1, -0.05) is 69.0 Å². The van der Waals surface area contributed by atoms with Crippen LogP contribution in [-0.2, 0) is 35.1 Å². The number of carbonyl (C=O) groups is 4. The van der Waals surface area contributed by atoms with E-state index in [1.54, 1.807) is 6.08 Å². The molecule has 2 amide bonds. The summed E-state index contributed by atoms with van der Waals surface area (Å²) < 4.78 is 11.9. The number of benzene rings is 1. The van der Waals surface area contributed by atoms with Crippen LogP contribution in [-0.4, -0.2) is 82.1 Å². The Hall–Kier alpha value is -3.90. The maximum atomic E-state index is 14.3. The van der Waals surface area contributed by atoms with Crippen molar-refractivity contribution in [3.63, 3.8) is 0 Å². The largest absolute Gasteiger partial charge is 0.445 e. The van der Waals surface area contributed by atoms with E-state index >= 15 is 0 Å². The molecule has 5 aliphatic rings. The summed E-state index contributed by atoms with van der Waals surface area (Å²) in [5.74, 6) is -5.73. The first-order valence-electron chi connectivity index (χ1n) is 17.1. The van der Waals surface area contributed by atoms with E-state index in [2.05, 4.69) is 11.9 Å². The van der Waals surface area contributed by atoms with Crippen molar-refractivity contribution in [3.05, 3.63) is 83.5 Å². The van der Waals surface area contributed by atoms with Crippen molar-refractivity contribution < 1.29 is 44.0 Å². The zero-order chi connectivity index (χ0) is 35.4. The number of methoxy groups -OCH3 is 1. The standard InChI is InChI=1S/C38H46N2O9/c1-19-10-8-14-24-31(43)21(3)20(2)29-25(18-22-12-6-5-7-13-22)40-36(47)38(24,29)49-27(42)17-16-23-28(26(41)15-9-11-19)33(48-4)30-32(44)34(45)37(23,30)35(39)46/h5-8,12-14,16-17,19-20,24-25,29-34,43-45H,3,9-11,15,18H2,1-2,4H3,(H2,39,46)(H,40,47)/b14-8+,17-16-/t19-,20+,24?,25-,29?,30-,31+,32+,33+,34+,37?,38+/m0/s1. The van der Waals surface area contributed by atoms with Gasteiger partial charge in [-0.25, -0.2) is 4.79 Å². The quantitative estimate of drug-likeness (QED) is 0.235. The summed E-state index contributed by atoms with van der Waals surface area (Å²) in [6, 6.07) is 9.17. The predicted molar refractivity (Wildman–Crippen MR) is 178 cm³/mol. The number of nitrogens with two attached hydrogens (primary N) is 1. The summed E-state index contributed by atoms with van der Waals surface area (Å²) in [7, 11) is 1.34. The molecule has 0 radical (unpaired) electrons. The average molecular weight is 675 g/mol. The molecule has 2 heterocycles. The molecule has 0 bridgehead atoms. The van der Waals surface area contributed by atoms with Gasteiger partial charge in [0.25, 0.3) is 5.91 Å². The smallest absolute Gasteiger partial charge is 0.331 e. The van der Waals surface area contributed by atoms with Gasteiger partial charge in [-0.15, -0.1) is 0 Å². The minimum Gasteiger partial charge on any atom is -0.445 e. The number of rotatable bonds is 4. The number of amides is 2. The van der Waals surface area contributed by atoms with E-state index in [4.69, 9.17) is 15.2 Å². The second-order valence-corrected chi connectivity index (χ2v) is 14.4. The van der Waals surface area contributed by atoms with Gasteiger partial charge in [0, 0.05) is 43.1 Å². The van der Waals surface area contributed by atoms with Crippen LogP contribution in [0.5, 0.6) is 0 Å². The molecule has 1 saturated heterocycles. The number of Topliss-reactive ketones (excluding diaryl/α,β-unsaturated/α-hetero) is 1. The van der Waals surface area contributed by atoms with E-state index in [0.29, 0.717) is 31.3 Å². The molecule has 1 aromatic rings. The summed E-state index contributed by atoms with van der Waals surface area (Å²) in [6.07, 6.45) is 2.89. The molecule has 3 unspecified atom stereocenters. The van der Waals surface area contributed by atoms with Crippen LogP contribution in [0.1, 0.15) is 45.1 Å². The van der Waals surface area contributed by atoms with Crippen LogP contribution in [0, 0.1) is 35.0 Å². The third-order valence-electron chi connectivity index (χ3n) is 11.9. The minimum atomic E-state index is -1.88. The molecule has 0 aromatic heterocycles. The normalized spacial score (nSPS) is 42.2. The minimum absolute atomic E-state index is 0.00880. The van der Waals surface area contributed by atoms with Crippen LogP contribution in [0.3, 0.4) is 0 Å². The SMILES string of the molecule is C=C1[C@@H](C)C2[C@H](Cc3ccccc3)NC(=O)[C@]23OC(=O)/C=C\C2=C(C(=O)CCC[C@@H](C)C/C=C/C3[C@@H]1O)[C@@H](OC)[C@@H]1[C@@H](O)[C@@H](O)C21C(N)=O. The third-order valence-corrected chi connectivity index (χ3v) is 11.9. The first kappa shape index (κ1) is 34.9. The van der Waals surface area contributed by atoms with Gasteiger partial charge < -0.3 is 35.8 Å². The number of aliphatic hydroxyl groups is 3. The zero-order valence-electron chi connectivity index (χ0n) is 28.1. The monoisotopic (exact) mass is 674 g/mol. The Bertz CT molecular complexity index is 1630. The Labute approximate surface area is 285 Å². The Kier molecular flexibility index (Phi) is 9.34. The zero-order valence-corrected chi connectivity index (χ0v) is 28.1. The van der Waals surface area contributed by atoms with E-state index in [9.17, 15) is 34.5 Å². The van der Waals surface area contributed by atoms with E-state index in [1.807, 2.05) is 50.3 Å². The van der Waals surface area contributed by atoms with Gasteiger partial charge in [0.05, 0.1) is 30.3 Å². The molecule has 6 rings (SSSR count). The average Bonchev–Trinajstić information content (AvgIpc) is 3.50. The lowest BCUT2D eigenvalue weighted by Gasteiger charge is -2.53. The maximum absolute atomic E-state index is 14.3. The number of ether oxygens (including phenoxy) is 2. The van der Waals surface area contributed by atoms with Crippen LogP contribution in [0.4, 0.5) is 0 Å². The summed E-state index contributed by atoms with van der Waals surface area (Å²) >= 11 is 0. The molecule has 3 fully saturated rings. The van der Waals surface area contributed by atoms with Crippen LogP contribution >= 0.6 is 0 Å². The molecule has 1 aromatic carbocycles. The number of fused-ring (bicyclic) bond motifs is 2. The molecule has 49 heavy (non-hydrogen) atoms. The number of nitrogens with one attached hydrogen (secondary N) is 1. The molecule has 1 spiro atoms. The van der Waals surface area contributed by atoms with Crippen LogP contribution in [0.15, 0.2) is 77.9 Å². The van der Waals surface area contributed by atoms with Crippen molar-refractivity contribution in [2.24, 2.45) is 40.7 Å². The van der Waals surface area contributed by atoms with E-state index in [-0.39, 0.29) is 29.3 Å². The van der Waals surface area contributed by atoms with Crippen molar-refractivity contribution in [1.29, 1.82) is 0 Å². The third kappa shape index (κ3) is 5.24. The number of hydrogen-bond acceptors (Lipinski definition) is 9. The molecule has 12 atom stereocenters. The van der Waals surface area contributed by atoms with Gasteiger partial charge in [0.2, 0.25) is 11.5 Å². The second kappa shape index (κ2) is 13.1. The molecule has 262 valence electrons. The van der Waals surface area contributed by atoms with Crippen molar-refractivity contribution in [3.8, 4) is 0 Å². The van der Waals surface area contributed by atoms with E-state index in [0.717, 1.165) is 11.6 Å². The fourth-order valence-electron chi connectivity index (χ4n) is 9.40. The first-order valence-corrected chi connectivity index (χ1v) is 17.1. The molecule has 11 heteroatoms. The van der Waals surface area contributed by atoms with Gasteiger partial charge in [-0.05, 0) is 54.2 Å². The van der Waals surface area contributed by atoms with Crippen molar-refractivity contribution in [2.45, 2.75) is 82.0 Å². The Morgan fingerprint density at radius 2 is 1.82 bits per heavy atom. The molecule has 2 aliphatic heterocycles. The lowest BCUT2D eigenvalue weighted by Crippen LogP contribution is -2.70. The molecular weight excluding hydrogens is 628 g/mol. The highest BCUT2D eigenvalue weighted by Gasteiger charge is 2.74. The van der Waals surface area contributed by atoms with Crippen LogP contribution in [0.25, 0.3) is 0 Å². The Morgan fingerprint density at radius 1 is 1.10 bits per heavy atom. The summed E-state index contributed by atoms with van der Waals surface area (Å²) in [6.45, 7) is 8.11. The van der Waals surface area contributed by atoms with Gasteiger partial charge >= 0.3 is 5.97 Å². The summed E-state index contributed by atoms with van der Waals surface area (Å²) in [5.41, 5.74) is 3.75. The fourth-order valence-corrected chi connectivity index (χ4v) is 9.40. The van der Waals surface area contributed by atoms with Crippen molar-refractivity contribution >= 4 is 23.6 Å². The number of aliphatic hydroxyl groups excluding tert-OH is 3. The first-order chi connectivity index (χ1) is 23.3. The molecule has 2 saturated carbocycles. The highest BCUT2D eigenvalue weighted by Crippen LogP contribution is 2.61. The fraction of sp³-hybridized carbons (Fsp3) is 0.526. The Morgan fingerprint density at radius 3 is 2.49 bits per heavy atom. The van der Waals surface area contributed by atoms with Crippen molar-refractivity contribution in [1.82, 2.24) is 5.32 Å². The number of hydrogen-bond donors (Lipinski definition) is 5. The van der Waals surface area contributed by atoms with E-state index < -0.39 is 82.9 Å². The van der Waals surface area contributed by atoms with Gasteiger partial charge in [0.1, 0.15) is 5.41 Å². The Balaban J connectivity index is 1.48. The summed E-state index contributed by atoms with van der Waals surface area (Å²) in [5, 5.41) is 36.5. The highest BCUT2D eigenvalue weighted by atomic mass is 16.6. The molecule has 11 nitrogen and oxygen atoms in total. The molecular formula is C38H46N2O9. The van der Waals surface area contributed by atoms with Gasteiger partial charge in [0.15, 0.2) is 5.78 Å². The predicted octanol–water partition coefficient (Wildman–Crippen LogP) is 1.85. The van der Waals surface area contributed by atoms with Crippen LogP contribution in [0.2, 0.25) is 0 Å². The van der Waals surface area contributed by atoms with Crippen molar-refractivity contribution in [2.75, 3.05) is 7.11 Å². The van der Waals surface area contributed by atoms with Gasteiger partial charge in [-0.2, -0.15) is 0 Å². The molecule has 3 aliphatic carbocycles. The lowest BCUT2D eigenvalue weighted by molar-refractivity contribution is -0.213. The number of esters is 1. The van der Waals surface area contributed by atoms with E-state index in [1.165, 1.54) is 13.2 Å². The van der Waals surface area contributed by atoms with Crippen LogP contribution < -0.4 is 11.1 Å². The van der Waals surface area contributed by atoms with Gasteiger partial charge in [-0.3, -0.25) is 14.4 Å². The number of ketones is 1.